The molecule has 5 heteroatoms. The Bertz CT molecular complexity index is 452. The Hall–Kier alpha value is -1.10. The molecule has 2 N–H and O–H groups in total. The average molecular weight is 400 g/mol. The number of esters is 2. The highest BCUT2D eigenvalue weighted by Crippen LogP contribution is 2.37. The molecule has 166 valence electrons. The van der Waals surface area contributed by atoms with Crippen molar-refractivity contribution in [2.45, 2.75) is 123 Å². The van der Waals surface area contributed by atoms with Crippen molar-refractivity contribution in [1.82, 2.24) is 0 Å². The van der Waals surface area contributed by atoms with Crippen LogP contribution >= 0.6 is 0 Å². The van der Waals surface area contributed by atoms with Crippen molar-refractivity contribution in [2.24, 2.45) is 11.7 Å². The highest BCUT2D eigenvalue weighted by molar-refractivity contribution is 5.76. The number of fused-ring (bicyclic) bond motifs is 1. The van der Waals surface area contributed by atoms with Crippen LogP contribution in [0.1, 0.15) is 112 Å². The Morgan fingerprint density at radius 1 is 1.04 bits per heavy atom. The van der Waals surface area contributed by atoms with Crippen LogP contribution in [0.5, 0.6) is 0 Å². The van der Waals surface area contributed by atoms with Crippen LogP contribution < -0.4 is 5.73 Å². The highest BCUT2D eigenvalue weighted by atomic mass is 16.6. The smallest absolute Gasteiger partial charge is 0.311 e. The molecular weight excluding hydrogens is 354 g/mol. The van der Waals surface area contributed by atoms with Gasteiger partial charge in [0.2, 0.25) is 0 Å². The summed E-state index contributed by atoms with van der Waals surface area (Å²) in [5.41, 5.74) is 5.56. The number of carbonyl (C=O) groups excluding carboxylic acids is 2. The number of hydrogen-bond donors (Lipinski definition) is 1. The van der Waals surface area contributed by atoms with E-state index in [0.717, 1.165) is 38.5 Å². The molecule has 2 aliphatic heterocycles. The minimum Gasteiger partial charge on any atom is -0.463 e. The Morgan fingerprint density at radius 3 is 2.00 bits per heavy atom. The summed E-state index contributed by atoms with van der Waals surface area (Å²) in [5.74, 6) is -0.122. The summed E-state index contributed by atoms with van der Waals surface area (Å²) >= 11 is 0. The Morgan fingerprint density at radius 2 is 1.64 bits per heavy atom. The molecule has 0 aromatic heterocycles. The van der Waals surface area contributed by atoms with Crippen molar-refractivity contribution in [3.05, 3.63) is 0 Å². The lowest BCUT2D eigenvalue weighted by Gasteiger charge is -2.31. The van der Waals surface area contributed by atoms with Gasteiger partial charge in [0, 0.05) is 6.42 Å². The summed E-state index contributed by atoms with van der Waals surface area (Å²) in [4.78, 5) is 21.7. The average Bonchev–Trinajstić information content (AvgIpc) is 3.17. The van der Waals surface area contributed by atoms with E-state index < -0.39 is 0 Å². The van der Waals surface area contributed by atoms with Gasteiger partial charge in [0.15, 0.2) is 0 Å². The van der Waals surface area contributed by atoms with Gasteiger partial charge in [-0.3, -0.25) is 9.59 Å². The lowest BCUT2D eigenvalue weighted by Crippen LogP contribution is -2.49. The zero-order valence-electron chi connectivity index (χ0n) is 19.3. The standard InChI is InChI=1S/C8H13NO2.C7H12O2.C5H12.C3H8/c9-8-4-2-1-3-6(8)7(10)11-5-8;1-3-7(2)5-4-6(8)9-7;1-3-5-4-2;1-3-2/h6H,1-5,9H2;3-5H2,1-2H3;3-5H2,1-2H3;3H2,1-2H3/t6-,8-;7-;;/m01../s1. The van der Waals surface area contributed by atoms with Gasteiger partial charge in [-0.15, -0.1) is 0 Å². The van der Waals surface area contributed by atoms with E-state index in [1.807, 2.05) is 13.8 Å². The molecule has 0 unspecified atom stereocenters. The molecule has 0 amide bonds. The predicted molar refractivity (Wildman–Crippen MR) is 115 cm³/mol. The minimum absolute atomic E-state index is 0.00347. The van der Waals surface area contributed by atoms with Gasteiger partial charge in [-0.2, -0.15) is 0 Å². The molecule has 0 spiro atoms. The first-order valence-electron chi connectivity index (χ1n) is 11.4. The Balaban J connectivity index is 0.000000387. The van der Waals surface area contributed by atoms with Crippen LogP contribution in [0.15, 0.2) is 0 Å². The van der Waals surface area contributed by atoms with E-state index in [0.29, 0.717) is 13.0 Å². The van der Waals surface area contributed by atoms with Gasteiger partial charge in [-0.05, 0) is 32.6 Å². The molecule has 0 bridgehead atoms. The fourth-order valence-corrected chi connectivity index (χ4v) is 3.44. The number of unbranched alkanes of at least 4 members (excludes halogenated alkanes) is 2. The number of carbonyl (C=O) groups is 2. The van der Waals surface area contributed by atoms with E-state index in [2.05, 4.69) is 27.7 Å². The molecule has 2 saturated heterocycles. The molecule has 0 aromatic carbocycles. The van der Waals surface area contributed by atoms with Crippen molar-refractivity contribution < 1.29 is 19.1 Å². The quantitative estimate of drug-likeness (QED) is 0.631. The van der Waals surface area contributed by atoms with Crippen LogP contribution in [-0.4, -0.2) is 29.7 Å². The lowest BCUT2D eigenvalue weighted by molar-refractivity contribution is -0.147. The summed E-state index contributed by atoms with van der Waals surface area (Å²) in [5, 5.41) is 0. The van der Waals surface area contributed by atoms with Gasteiger partial charge in [0.25, 0.3) is 0 Å². The van der Waals surface area contributed by atoms with Crippen molar-refractivity contribution >= 4 is 11.9 Å². The van der Waals surface area contributed by atoms with Crippen LogP contribution in [0.25, 0.3) is 0 Å². The van der Waals surface area contributed by atoms with Crippen LogP contribution in [0, 0.1) is 5.92 Å². The van der Waals surface area contributed by atoms with Crippen molar-refractivity contribution in [3.8, 4) is 0 Å². The SMILES string of the molecule is CCC.CCCCC.CC[C@]1(C)CCC(=O)O1.N[C@]12CCCC[C@H]1C(=O)OC2. The number of rotatable bonds is 3. The summed E-state index contributed by atoms with van der Waals surface area (Å²) in [7, 11) is 0. The molecule has 3 atom stereocenters. The Kier molecular flexibility index (Phi) is 13.4. The maximum Gasteiger partial charge on any atom is 0.311 e. The van der Waals surface area contributed by atoms with E-state index in [1.165, 1.54) is 25.7 Å². The topological polar surface area (TPSA) is 78.6 Å². The summed E-state index contributed by atoms with van der Waals surface area (Å²) in [6.45, 7) is 13.1. The third kappa shape index (κ3) is 9.40. The summed E-state index contributed by atoms with van der Waals surface area (Å²) in [6.07, 6.45) is 11.9. The van der Waals surface area contributed by atoms with Crippen LogP contribution in [0.2, 0.25) is 0 Å². The fraction of sp³-hybridized carbons (Fsp3) is 0.913. The van der Waals surface area contributed by atoms with E-state index in [1.54, 1.807) is 0 Å². The largest absolute Gasteiger partial charge is 0.463 e. The van der Waals surface area contributed by atoms with Crippen molar-refractivity contribution in [1.29, 1.82) is 0 Å². The van der Waals surface area contributed by atoms with E-state index in [9.17, 15) is 9.59 Å². The number of cyclic esters (lactones) is 2. The highest BCUT2D eigenvalue weighted by Gasteiger charge is 2.48. The first-order chi connectivity index (χ1) is 13.2. The summed E-state index contributed by atoms with van der Waals surface area (Å²) in [6, 6.07) is 0. The normalized spacial score (nSPS) is 30.3. The molecule has 0 aromatic rings. The lowest BCUT2D eigenvalue weighted by atomic mass is 9.75. The second-order valence-corrected chi connectivity index (χ2v) is 8.48. The summed E-state index contributed by atoms with van der Waals surface area (Å²) < 4.78 is 10.00. The molecular formula is C23H45NO4. The Labute approximate surface area is 173 Å². The molecule has 3 aliphatic rings. The van der Waals surface area contributed by atoms with Crippen LogP contribution in [0.4, 0.5) is 0 Å². The maximum absolute atomic E-state index is 11.1. The monoisotopic (exact) mass is 399 g/mol. The molecule has 1 aliphatic carbocycles. The molecule has 28 heavy (non-hydrogen) atoms. The van der Waals surface area contributed by atoms with Crippen LogP contribution in [0.3, 0.4) is 0 Å². The third-order valence-electron chi connectivity index (χ3n) is 5.52. The maximum atomic E-state index is 11.1. The number of hydrogen-bond acceptors (Lipinski definition) is 5. The first kappa shape index (κ1) is 26.9. The zero-order valence-corrected chi connectivity index (χ0v) is 19.3. The third-order valence-corrected chi connectivity index (χ3v) is 5.52. The van der Waals surface area contributed by atoms with Gasteiger partial charge < -0.3 is 15.2 Å². The molecule has 5 nitrogen and oxygen atoms in total. The second kappa shape index (κ2) is 14.0. The zero-order chi connectivity index (χ0) is 21.6. The van der Waals surface area contributed by atoms with Crippen LogP contribution in [-0.2, 0) is 19.1 Å². The molecule has 2 heterocycles. The van der Waals surface area contributed by atoms with Gasteiger partial charge in [-0.25, -0.2) is 0 Å². The van der Waals surface area contributed by atoms with Crippen molar-refractivity contribution in [2.75, 3.05) is 6.61 Å². The van der Waals surface area contributed by atoms with Gasteiger partial charge in [0.05, 0.1) is 11.5 Å². The first-order valence-corrected chi connectivity index (χ1v) is 11.4. The van der Waals surface area contributed by atoms with E-state index in [-0.39, 0.29) is 29.0 Å². The van der Waals surface area contributed by atoms with Gasteiger partial charge >= 0.3 is 11.9 Å². The molecule has 0 radical (unpaired) electrons. The van der Waals surface area contributed by atoms with E-state index in [4.69, 9.17) is 15.2 Å². The molecule has 3 fully saturated rings. The molecule has 1 saturated carbocycles. The minimum atomic E-state index is -0.310. The predicted octanol–water partition coefficient (Wildman–Crippen LogP) is 5.54. The van der Waals surface area contributed by atoms with Gasteiger partial charge in [-0.1, -0.05) is 73.1 Å². The van der Waals surface area contributed by atoms with Gasteiger partial charge in [0.1, 0.15) is 12.2 Å². The molecule has 3 rings (SSSR count). The fourth-order valence-electron chi connectivity index (χ4n) is 3.44. The van der Waals surface area contributed by atoms with E-state index >= 15 is 0 Å². The number of ether oxygens (including phenoxy) is 2. The van der Waals surface area contributed by atoms with Crippen molar-refractivity contribution in [3.63, 3.8) is 0 Å². The number of nitrogens with two attached hydrogens (primary N) is 1. The second-order valence-electron chi connectivity index (χ2n) is 8.48.